The van der Waals surface area contributed by atoms with Gasteiger partial charge in [0.05, 0.1) is 6.54 Å². The Kier molecular flexibility index (Phi) is 5.76. The van der Waals surface area contributed by atoms with Gasteiger partial charge < -0.3 is 19.4 Å². The summed E-state index contributed by atoms with van der Waals surface area (Å²) >= 11 is 0. The Hall–Kier alpha value is -2.15. The van der Waals surface area contributed by atoms with Crippen molar-refractivity contribution in [1.29, 1.82) is 0 Å². The first kappa shape index (κ1) is 18.6. The van der Waals surface area contributed by atoms with Gasteiger partial charge in [0, 0.05) is 39.0 Å². The average molecular weight is 363 g/mol. The minimum absolute atomic E-state index is 0.0131. The van der Waals surface area contributed by atoms with Crippen LogP contribution in [0.25, 0.3) is 0 Å². The predicted molar refractivity (Wildman–Crippen MR) is 95.3 cm³/mol. The van der Waals surface area contributed by atoms with Crippen LogP contribution >= 0.6 is 0 Å². The van der Waals surface area contributed by atoms with Gasteiger partial charge in [0.1, 0.15) is 23.7 Å². The molecule has 0 N–H and O–H groups in total. The number of ether oxygens (including phenoxy) is 1. The number of halogens is 1. The van der Waals surface area contributed by atoms with Crippen LogP contribution in [-0.4, -0.2) is 78.4 Å². The van der Waals surface area contributed by atoms with Crippen LogP contribution in [-0.2, 0) is 9.59 Å². The highest BCUT2D eigenvalue weighted by Gasteiger charge is 2.41. The van der Waals surface area contributed by atoms with E-state index in [1.54, 1.807) is 17.0 Å². The summed E-state index contributed by atoms with van der Waals surface area (Å²) in [5.74, 6) is -0.102. The molecule has 1 aromatic carbocycles. The molecule has 2 aliphatic heterocycles. The third-order valence-corrected chi connectivity index (χ3v) is 5.08. The lowest BCUT2D eigenvalue weighted by Crippen LogP contribution is -2.48. The van der Waals surface area contributed by atoms with E-state index in [9.17, 15) is 14.0 Å². The van der Waals surface area contributed by atoms with Crippen LogP contribution in [0.4, 0.5) is 4.39 Å². The molecule has 2 fully saturated rings. The Labute approximate surface area is 153 Å². The number of hydrogen-bond acceptors (Lipinski definition) is 4. The summed E-state index contributed by atoms with van der Waals surface area (Å²) in [7, 11) is 2.05. The van der Waals surface area contributed by atoms with Crippen molar-refractivity contribution in [3.05, 3.63) is 30.1 Å². The molecule has 0 aromatic heterocycles. The topological polar surface area (TPSA) is 53.1 Å². The highest BCUT2D eigenvalue weighted by molar-refractivity contribution is 5.87. The first-order valence-electron chi connectivity index (χ1n) is 9.11. The van der Waals surface area contributed by atoms with Crippen molar-refractivity contribution >= 4 is 11.8 Å². The van der Waals surface area contributed by atoms with Gasteiger partial charge in [-0.25, -0.2) is 4.39 Å². The second kappa shape index (κ2) is 8.03. The number of benzene rings is 1. The third kappa shape index (κ3) is 4.33. The summed E-state index contributed by atoms with van der Waals surface area (Å²) in [5.41, 5.74) is 0. The first-order chi connectivity index (χ1) is 12.4. The van der Waals surface area contributed by atoms with E-state index >= 15 is 0 Å². The maximum Gasteiger partial charge on any atom is 0.245 e. The highest BCUT2D eigenvalue weighted by atomic mass is 19.1. The molecule has 2 aliphatic rings. The minimum Gasteiger partial charge on any atom is -0.488 e. The van der Waals surface area contributed by atoms with Crippen molar-refractivity contribution in [2.45, 2.75) is 31.9 Å². The molecular weight excluding hydrogens is 337 g/mol. The van der Waals surface area contributed by atoms with Gasteiger partial charge >= 0.3 is 0 Å². The van der Waals surface area contributed by atoms with Crippen LogP contribution in [0.1, 0.15) is 19.8 Å². The van der Waals surface area contributed by atoms with E-state index in [1.807, 2.05) is 11.9 Å². The summed E-state index contributed by atoms with van der Waals surface area (Å²) < 4.78 is 19.2. The normalized spacial score (nSPS) is 24.4. The summed E-state index contributed by atoms with van der Waals surface area (Å²) in [6.07, 6.45) is 1.05. The van der Waals surface area contributed by atoms with Gasteiger partial charge in [-0.05, 0) is 32.1 Å². The molecule has 3 rings (SSSR count). The lowest BCUT2D eigenvalue weighted by molar-refractivity contribution is -0.142. The van der Waals surface area contributed by atoms with Crippen LogP contribution < -0.4 is 4.74 Å². The fourth-order valence-electron chi connectivity index (χ4n) is 3.68. The number of amides is 2. The molecule has 26 heavy (non-hydrogen) atoms. The Bertz CT molecular complexity index is 669. The Balaban J connectivity index is 1.69. The minimum atomic E-state index is -0.505. The molecule has 0 unspecified atom stereocenters. The van der Waals surface area contributed by atoms with Gasteiger partial charge in [-0.3, -0.25) is 9.59 Å². The average Bonchev–Trinajstić information content (AvgIpc) is 2.89. The second-order valence-corrected chi connectivity index (χ2v) is 7.10. The van der Waals surface area contributed by atoms with Crippen molar-refractivity contribution in [3.63, 3.8) is 0 Å². The fourth-order valence-corrected chi connectivity index (χ4v) is 3.68. The van der Waals surface area contributed by atoms with E-state index in [0.29, 0.717) is 31.8 Å². The second-order valence-electron chi connectivity index (χ2n) is 7.10. The van der Waals surface area contributed by atoms with E-state index in [2.05, 4.69) is 4.90 Å². The van der Waals surface area contributed by atoms with Crippen LogP contribution in [0.5, 0.6) is 5.75 Å². The van der Waals surface area contributed by atoms with E-state index in [1.165, 1.54) is 19.1 Å². The predicted octanol–water partition coefficient (Wildman–Crippen LogP) is 1.36. The molecule has 0 radical (unpaired) electrons. The van der Waals surface area contributed by atoms with E-state index in [0.717, 1.165) is 19.5 Å². The number of carbonyl (C=O) groups is 2. The molecule has 0 spiro atoms. The van der Waals surface area contributed by atoms with Crippen molar-refractivity contribution in [1.82, 2.24) is 14.7 Å². The number of hydrogen-bond donors (Lipinski definition) is 0. The standard InChI is InChI=1S/C19H26FN3O3/c1-14(24)23-13-17(26-16-6-3-5-15(20)11-16)12-18(23)19(25)22-8-4-7-21(2)9-10-22/h3,5-6,11,17-18H,4,7-10,12-13H2,1-2H3/t17-,18+/m0/s1. The molecule has 2 heterocycles. The largest absolute Gasteiger partial charge is 0.488 e. The molecule has 0 saturated carbocycles. The monoisotopic (exact) mass is 363 g/mol. The summed E-state index contributed by atoms with van der Waals surface area (Å²) in [6, 6.07) is 5.43. The smallest absolute Gasteiger partial charge is 0.245 e. The van der Waals surface area contributed by atoms with Crippen molar-refractivity contribution in [2.24, 2.45) is 0 Å². The molecule has 6 nitrogen and oxygen atoms in total. The molecule has 2 atom stereocenters. The first-order valence-corrected chi connectivity index (χ1v) is 9.11. The number of rotatable bonds is 3. The van der Waals surface area contributed by atoms with Crippen LogP contribution in [0.2, 0.25) is 0 Å². The zero-order chi connectivity index (χ0) is 18.7. The summed E-state index contributed by atoms with van der Waals surface area (Å²) in [4.78, 5) is 30.7. The SMILES string of the molecule is CC(=O)N1C[C@@H](Oc2cccc(F)c2)C[C@@H]1C(=O)N1CCCN(C)CC1. The van der Waals surface area contributed by atoms with Gasteiger partial charge in [0.15, 0.2) is 0 Å². The molecule has 0 bridgehead atoms. The Morgan fingerprint density at radius 1 is 1.19 bits per heavy atom. The van der Waals surface area contributed by atoms with Crippen LogP contribution in [0.15, 0.2) is 24.3 Å². The number of likely N-dealkylation sites (N-methyl/N-ethyl adjacent to an activating group) is 1. The van der Waals surface area contributed by atoms with Gasteiger partial charge in [0.2, 0.25) is 11.8 Å². The summed E-state index contributed by atoms with van der Waals surface area (Å²) in [6.45, 7) is 5.00. The molecule has 2 amide bonds. The zero-order valence-electron chi connectivity index (χ0n) is 15.4. The van der Waals surface area contributed by atoms with Crippen molar-refractivity contribution in [3.8, 4) is 5.75 Å². The van der Waals surface area contributed by atoms with Crippen molar-refractivity contribution < 1.29 is 18.7 Å². The van der Waals surface area contributed by atoms with Crippen LogP contribution in [0, 0.1) is 5.82 Å². The maximum atomic E-state index is 13.4. The van der Waals surface area contributed by atoms with Gasteiger partial charge in [-0.15, -0.1) is 0 Å². The van der Waals surface area contributed by atoms with Crippen molar-refractivity contribution in [2.75, 3.05) is 39.8 Å². The highest BCUT2D eigenvalue weighted by Crippen LogP contribution is 2.25. The van der Waals surface area contributed by atoms with E-state index in [-0.39, 0.29) is 23.7 Å². The molecule has 7 heteroatoms. The number of likely N-dealkylation sites (tertiary alicyclic amines) is 1. The van der Waals surface area contributed by atoms with E-state index in [4.69, 9.17) is 4.74 Å². The Morgan fingerprint density at radius 3 is 2.73 bits per heavy atom. The lowest BCUT2D eigenvalue weighted by Gasteiger charge is -2.28. The molecular formula is C19H26FN3O3. The number of nitrogens with zero attached hydrogens (tertiary/aromatic N) is 3. The van der Waals surface area contributed by atoms with Crippen LogP contribution in [0.3, 0.4) is 0 Å². The van der Waals surface area contributed by atoms with Gasteiger partial charge in [0.25, 0.3) is 0 Å². The zero-order valence-corrected chi connectivity index (χ0v) is 15.4. The molecule has 0 aliphatic carbocycles. The molecule has 1 aromatic rings. The Morgan fingerprint density at radius 2 is 2.00 bits per heavy atom. The maximum absolute atomic E-state index is 13.4. The number of carbonyl (C=O) groups excluding carboxylic acids is 2. The van der Waals surface area contributed by atoms with Gasteiger partial charge in [-0.2, -0.15) is 0 Å². The third-order valence-electron chi connectivity index (χ3n) is 5.08. The summed E-state index contributed by atoms with van der Waals surface area (Å²) in [5, 5.41) is 0. The van der Waals surface area contributed by atoms with E-state index < -0.39 is 6.04 Å². The van der Waals surface area contributed by atoms with Gasteiger partial charge in [-0.1, -0.05) is 6.07 Å². The molecule has 142 valence electrons. The fraction of sp³-hybridized carbons (Fsp3) is 0.579. The molecule has 2 saturated heterocycles. The quantitative estimate of drug-likeness (QED) is 0.814. The lowest BCUT2D eigenvalue weighted by atomic mass is 10.1.